The summed E-state index contributed by atoms with van der Waals surface area (Å²) < 4.78 is 5.87. The van der Waals surface area contributed by atoms with Crippen LogP contribution >= 0.6 is 22.9 Å². The average Bonchev–Trinajstić information content (AvgIpc) is 3.10. The highest BCUT2D eigenvalue weighted by Crippen LogP contribution is 2.48. The maximum atomic E-state index is 13.2. The van der Waals surface area contributed by atoms with Crippen molar-refractivity contribution in [2.24, 2.45) is 0 Å². The zero-order chi connectivity index (χ0) is 21.8. The number of carbonyl (C=O) groups is 3. The van der Waals surface area contributed by atoms with Crippen LogP contribution in [0.4, 0.5) is 10.5 Å². The summed E-state index contributed by atoms with van der Waals surface area (Å²) >= 11 is 7.10. The number of amides is 4. The zero-order valence-electron chi connectivity index (χ0n) is 17.0. The van der Waals surface area contributed by atoms with Crippen LogP contribution in [0.5, 0.6) is 0 Å². The lowest BCUT2D eigenvalue weighted by molar-refractivity contribution is -0.119. The summed E-state index contributed by atoms with van der Waals surface area (Å²) in [5.74, 6) is -0.581. The number of nitrogens with one attached hydrogen (secondary N) is 1. The Balaban J connectivity index is 1.33. The molecule has 9 heteroatoms. The van der Waals surface area contributed by atoms with Gasteiger partial charge < -0.3 is 15.0 Å². The number of urea groups is 1. The molecular formula is C22H22ClN3O4S. The summed E-state index contributed by atoms with van der Waals surface area (Å²) in [6.45, 7) is 1.09. The van der Waals surface area contributed by atoms with Gasteiger partial charge in [0.05, 0.1) is 27.5 Å². The van der Waals surface area contributed by atoms with E-state index >= 15 is 0 Å². The van der Waals surface area contributed by atoms with E-state index in [0.717, 1.165) is 18.4 Å². The van der Waals surface area contributed by atoms with Crippen LogP contribution in [-0.4, -0.2) is 55.1 Å². The third-order valence-corrected chi connectivity index (χ3v) is 7.66. The van der Waals surface area contributed by atoms with Gasteiger partial charge >= 0.3 is 6.03 Å². The molecule has 0 spiro atoms. The van der Waals surface area contributed by atoms with Gasteiger partial charge in [-0.15, -0.1) is 11.3 Å². The molecule has 3 fully saturated rings. The molecule has 0 radical (unpaired) electrons. The minimum absolute atomic E-state index is 0.0619. The van der Waals surface area contributed by atoms with Gasteiger partial charge in [0, 0.05) is 19.1 Å². The number of benzene rings is 1. The van der Waals surface area contributed by atoms with E-state index in [9.17, 15) is 14.4 Å². The molecule has 1 aromatic carbocycles. The van der Waals surface area contributed by atoms with Crippen molar-refractivity contribution >= 4 is 46.5 Å². The van der Waals surface area contributed by atoms with Gasteiger partial charge in [-0.2, -0.15) is 0 Å². The number of hydrogen-bond acceptors (Lipinski definition) is 5. The first-order chi connectivity index (χ1) is 14.9. The first-order valence-corrected chi connectivity index (χ1v) is 11.4. The van der Waals surface area contributed by atoms with Gasteiger partial charge in [0.15, 0.2) is 0 Å². The fraction of sp³-hybridized carbons (Fsp3) is 0.409. The summed E-state index contributed by atoms with van der Waals surface area (Å²) in [6.07, 6.45) is 2.70. The molecule has 2 atom stereocenters. The van der Waals surface area contributed by atoms with E-state index in [2.05, 4.69) is 5.32 Å². The predicted octanol–water partition coefficient (Wildman–Crippen LogP) is 3.42. The molecule has 162 valence electrons. The molecule has 2 aromatic rings. The summed E-state index contributed by atoms with van der Waals surface area (Å²) in [5.41, 5.74) is 1.78. The number of rotatable bonds is 6. The van der Waals surface area contributed by atoms with Crippen molar-refractivity contribution in [1.82, 2.24) is 10.2 Å². The third-order valence-electron chi connectivity index (χ3n) is 6.43. The number of thiophene rings is 1. The van der Waals surface area contributed by atoms with Crippen LogP contribution in [0, 0.1) is 0 Å². The van der Waals surface area contributed by atoms with Gasteiger partial charge in [-0.1, -0.05) is 23.7 Å². The molecule has 4 amide bonds. The second kappa shape index (κ2) is 7.62. The van der Waals surface area contributed by atoms with E-state index in [1.807, 2.05) is 24.3 Å². The van der Waals surface area contributed by atoms with Crippen LogP contribution in [0.2, 0.25) is 4.34 Å². The smallest absolute Gasteiger partial charge is 0.332 e. The fourth-order valence-corrected chi connectivity index (χ4v) is 5.59. The topological polar surface area (TPSA) is 79.0 Å². The predicted molar refractivity (Wildman–Crippen MR) is 118 cm³/mol. The lowest BCUT2D eigenvalue weighted by Crippen LogP contribution is -2.46. The highest BCUT2D eigenvalue weighted by atomic mass is 35.5. The van der Waals surface area contributed by atoms with Crippen molar-refractivity contribution in [3.63, 3.8) is 0 Å². The van der Waals surface area contributed by atoms with E-state index in [-0.39, 0.29) is 23.3 Å². The minimum atomic E-state index is -0.685. The number of hydrogen-bond donors (Lipinski definition) is 1. The van der Waals surface area contributed by atoms with Gasteiger partial charge in [0.25, 0.3) is 11.8 Å². The van der Waals surface area contributed by atoms with Crippen LogP contribution in [0.25, 0.3) is 0 Å². The molecular weight excluding hydrogens is 438 g/mol. The van der Waals surface area contributed by atoms with Gasteiger partial charge in [0.2, 0.25) is 0 Å². The van der Waals surface area contributed by atoms with Gasteiger partial charge in [-0.25, -0.2) is 9.69 Å². The second-order valence-corrected chi connectivity index (χ2v) is 10.0. The quantitative estimate of drug-likeness (QED) is 0.671. The molecule has 3 heterocycles. The monoisotopic (exact) mass is 459 g/mol. The van der Waals surface area contributed by atoms with E-state index in [4.69, 9.17) is 16.3 Å². The van der Waals surface area contributed by atoms with E-state index < -0.39 is 12.1 Å². The van der Waals surface area contributed by atoms with Gasteiger partial charge in [-0.05, 0) is 49.1 Å². The summed E-state index contributed by atoms with van der Waals surface area (Å²) in [7, 11) is 1.70. The Hall–Kier alpha value is -2.42. The number of nitrogens with zero attached hydrogens (tertiary/aromatic N) is 2. The maximum Gasteiger partial charge on any atom is 0.332 e. The van der Waals surface area contributed by atoms with Crippen LogP contribution < -0.4 is 10.2 Å². The molecule has 1 aliphatic carbocycles. The van der Waals surface area contributed by atoms with Gasteiger partial charge in [0.1, 0.15) is 6.04 Å². The Labute approximate surface area is 188 Å². The highest BCUT2D eigenvalue weighted by molar-refractivity contribution is 7.18. The van der Waals surface area contributed by atoms with E-state index in [1.165, 1.54) is 16.2 Å². The fourth-order valence-electron chi connectivity index (χ4n) is 4.64. The maximum absolute atomic E-state index is 13.2. The highest BCUT2D eigenvalue weighted by Gasteiger charge is 2.53. The van der Waals surface area contributed by atoms with Gasteiger partial charge in [-0.3, -0.25) is 9.59 Å². The Bertz CT molecular complexity index is 1050. The Morgan fingerprint density at radius 3 is 2.58 bits per heavy atom. The molecule has 2 aliphatic heterocycles. The molecule has 2 saturated heterocycles. The number of fused-ring (bicyclic) bond motifs is 1. The van der Waals surface area contributed by atoms with Crippen LogP contribution in [0.1, 0.15) is 34.5 Å². The van der Waals surface area contributed by atoms with Crippen molar-refractivity contribution in [3.8, 4) is 0 Å². The molecule has 3 aliphatic rings. The number of halogens is 1. The lowest BCUT2D eigenvalue weighted by atomic mass is 9.96. The number of ether oxygens (including phenoxy) is 1. The first-order valence-electron chi connectivity index (χ1n) is 10.2. The van der Waals surface area contributed by atoms with Crippen LogP contribution in [0.15, 0.2) is 36.4 Å². The Morgan fingerprint density at radius 2 is 1.97 bits per heavy atom. The summed E-state index contributed by atoms with van der Waals surface area (Å²) in [4.78, 5) is 42.0. The molecule has 1 saturated carbocycles. The number of carbonyl (C=O) groups excluding carboxylic acids is 3. The summed E-state index contributed by atoms with van der Waals surface area (Å²) in [6, 6.07) is 9.47. The molecule has 31 heavy (non-hydrogen) atoms. The molecule has 1 aromatic heterocycles. The van der Waals surface area contributed by atoms with Crippen molar-refractivity contribution in [2.45, 2.75) is 36.8 Å². The SMILES string of the molecule is COCC1(c2ccc(N3C(=O)[C@@H]4[C@H](NC(=O)c5ccc(Cl)s5)CCN4C3=O)cc2)CC1. The average molecular weight is 460 g/mol. The zero-order valence-corrected chi connectivity index (χ0v) is 18.5. The first kappa shape index (κ1) is 20.5. The second-order valence-electron chi connectivity index (χ2n) is 8.33. The largest absolute Gasteiger partial charge is 0.384 e. The number of imide groups is 1. The molecule has 7 nitrogen and oxygen atoms in total. The standard InChI is InChI=1S/C22H22ClN3O4S/c1-30-12-22(9-10-22)13-2-4-14(5-3-13)26-20(28)18-15(8-11-25(18)21(26)29)24-19(27)16-6-7-17(23)31-16/h2-7,15,18H,8-12H2,1H3,(H,24,27)/t15-,18+/m1/s1. The van der Waals surface area contributed by atoms with E-state index in [0.29, 0.717) is 34.5 Å². The van der Waals surface area contributed by atoms with E-state index in [1.54, 1.807) is 24.1 Å². The van der Waals surface area contributed by atoms with Crippen LogP contribution in [-0.2, 0) is 14.9 Å². The molecule has 0 unspecified atom stereocenters. The number of anilines is 1. The molecule has 0 bridgehead atoms. The summed E-state index contributed by atoms with van der Waals surface area (Å²) in [5, 5.41) is 2.91. The minimum Gasteiger partial charge on any atom is -0.384 e. The van der Waals surface area contributed by atoms with Crippen LogP contribution in [0.3, 0.4) is 0 Å². The van der Waals surface area contributed by atoms with Crippen molar-refractivity contribution in [3.05, 3.63) is 51.2 Å². The Kier molecular flexibility index (Phi) is 5.03. The third kappa shape index (κ3) is 3.43. The molecule has 1 N–H and O–H groups in total. The number of methoxy groups -OCH3 is 1. The molecule has 5 rings (SSSR count). The van der Waals surface area contributed by atoms with Crippen molar-refractivity contribution in [2.75, 3.05) is 25.2 Å². The Morgan fingerprint density at radius 1 is 1.23 bits per heavy atom. The lowest BCUT2D eigenvalue weighted by Gasteiger charge is -2.19. The van der Waals surface area contributed by atoms with Crippen molar-refractivity contribution < 1.29 is 19.1 Å². The van der Waals surface area contributed by atoms with Crippen molar-refractivity contribution in [1.29, 1.82) is 0 Å². The normalized spacial score (nSPS) is 23.9.